The van der Waals surface area contributed by atoms with Gasteiger partial charge >= 0.3 is 0 Å². The number of carbonyl (C=O) groups excluding carboxylic acids is 1. The molecule has 3 N–H and O–H groups in total. The minimum absolute atomic E-state index is 0.0321. The van der Waals surface area contributed by atoms with E-state index in [0.717, 1.165) is 19.4 Å². The first-order valence-electron chi connectivity index (χ1n) is 7.33. The minimum atomic E-state index is -0.0321. The van der Waals surface area contributed by atoms with Crippen LogP contribution in [-0.2, 0) is 0 Å². The van der Waals surface area contributed by atoms with Gasteiger partial charge in [0.2, 0.25) is 0 Å². The Bertz CT molecular complexity index is 417. The van der Waals surface area contributed by atoms with Gasteiger partial charge in [-0.25, -0.2) is 0 Å². The van der Waals surface area contributed by atoms with Gasteiger partial charge in [0.1, 0.15) is 5.69 Å². The Balaban J connectivity index is 1.60. The zero-order valence-corrected chi connectivity index (χ0v) is 11.2. The number of piperidine rings is 1. The quantitative estimate of drug-likeness (QED) is 0.758. The third-order valence-corrected chi connectivity index (χ3v) is 4.52. The fourth-order valence-corrected chi connectivity index (χ4v) is 3.54. The molecule has 19 heavy (non-hydrogen) atoms. The lowest BCUT2D eigenvalue weighted by molar-refractivity contribution is 0.0887. The molecule has 0 aromatic carbocycles. The van der Waals surface area contributed by atoms with Gasteiger partial charge in [0, 0.05) is 17.8 Å². The highest BCUT2D eigenvalue weighted by Gasteiger charge is 2.37. The van der Waals surface area contributed by atoms with Crippen molar-refractivity contribution in [2.45, 2.75) is 56.5 Å². The molecule has 1 aromatic rings. The lowest BCUT2D eigenvalue weighted by atomic mass is 9.75. The van der Waals surface area contributed by atoms with Gasteiger partial charge in [0.25, 0.3) is 5.91 Å². The molecule has 2 aliphatic rings. The summed E-state index contributed by atoms with van der Waals surface area (Å²) in [5.74, 6) is -0.0321. The molecule has 1 saturated heterocycles. The van der Waals surface area contributed by atoms with Gasteiger partial charge < -0.3 is 10.6 Å². The molecule has 1 unspecified atom stereocenters. The molecule has 1 atom stereocenters. The van der Waals surface area contributed by atoms with E-state index < -0.39 is 0 Å². The Morgan fingerprint density at radius 3 is 2.95 bits per heavy atom. The molecule has 1 aliphatic heterocycles. The number of aromatic nitrogens is 2. The van der Waals surface area contributed by atoms with Crippen LogP contribution < -0.4 is 10.6 Å². The summed E-state index contributed by atoms with van der Waals surface area (Å²) in [7, 11) is 0. The van der Waals surface area contributed by atoms with Crippen LogP contribution in [0, 0.1) is 0 Å². The first kappa shape index (κ1) is 12.7. The summed E-state index contributed by atoms with van der Waals surface area (Å²) in [6.45, 7) is 1.01. The van der Waals surface area contributed by atoms with E-state index in [1.807, 2.05) is 0 Å². The number of H-pyrrole nitrogens is 1. The molecule has 2 heterocycles. The third-order valence-electron chi connectivity index (χ3n) is 4.52. The van der Waals surface area contributed by atoms with Crippen LogP contribution in [0.5, 0.6) is 0 Å². The number of carbonyl (C=O) groups is 1. The molecule has 5 nitrogen and oxygen atoms in total. The molecule has 0 bridgehead atoms. The van der Waals surface area contributed by atoms with E-state index >= 15 is 0 Å². The Kier molecular flexibility index (Phi) is 3.55. The molecule has 1 amide bonds. The maximum Gasteiger partial charge on any atom is 0.269 e. The first-order chi connectivity index (χ1) is 9.27. The molecule has 3 rings (SSSR count). The highest BCUT2D eigenvalue weighted by atomic mass is 16.2. The average Bonchev–Trinajstić information content (AvgIpc) is 2.93. The van der Waals surface area contributed by atoms with Crippen molar-refractivity contribution in [1.29, 1.82) is 0 Å². The van der Waals surface area contributed by atoms with Gasteiger partial charge in [-0.05, 0) is 38.3 Å². The maximum atomic E-state index is 12.0. The predicted octanol–water partition coefficient (Wildman–Crippen LogP) is 1.59. The summed E-state index contributed by atoms with van der Waals surface area (Å²) in [4.78, 5) is 12.0. The van der Waals surface area contributed by atoms with Crippen LogP contribution >= 0.6 is 0 Å². The standard InChI is InChI=1S/C14H22N4O/c19-13(12-5-9-16-18-12)17-11-4-8-15-14(10-11)6-2-1-3-7-14/h5,9,11,15H,1-4,6-8,10H2,(H,16,18)(H,17,19). The van der Waals surface area contributed by atoms with Gasteiger partial charge in [-0.15, -0.1) is 0 Å². The molecule has 1 aromatic heterocycles. The predicted molar refractivity (Wildman–Crippen MR) is 72.9 cm³/mol. The smallest absolute Gasteiger partial charge is 0.269 e. The fraction of sp³-hybridized carbons (Fsp3) is 0.714. The number of rotatable bonds is 2. The van der Waals surface area contributed by atoms with Crippen LogP contribution in [0.15, 0.2) is 12.3 Å². The van der Waals surface area contributed by atoms with Crippen molar-refractivity contribution in [2.75, 3.05) is 6.54 Å². The van der Waals surface area contributed by atoms with E-state index in [9.17, 15) is 4.79 Å². The van der Waals surface area contributed by atoms with Crippen molar-refractivity contribution in [3.8, 4) is 0 Å². The van der Waals surface area contributed by atoms with Crippen LogP contribution in [0.2, 0.25) is 0 Å². The highest BCUT2D eigenvalue weighted by Crippen LogP contribution is 2.34. The van der Waals surface area contributed by atoms with Crippen LogP contribution in [0.1, 0.15) is 55.4 Å². The molecule has 2 fully saturated rings. The summed E-state index contributed by atoms with van der Waals surface area (Å²) >= 11 is 0. The van der Waals surface area contributed by atoms with Gasteiger partial charge in [-0.1, -0.05) is 19.3 Å². The zero-order chi connectivity index (χ0) is 13.1. The SMILES string of the molecule is O=C(NC1CCNC2(CCCCC2)C1)c1ccn[nH]1. The van der Waals surface area contributed by atoms with E-state index in [1.165, 1.54) is 32.1 Å². The molecule has 1 spiro atoms. The number of hydrogen-bond acceptors (Lipinski definition) is 3. The summed E-state index contributed by atoms with van der Waals surface area (Å²) < 4.78 is 0. The largest absolute Gasteiger partial charge is 0.348 e. The van der Waals surface area contributed by atoms with Crippen LogP contribution in [0.4, 0.5) is 0 Å². The number of nitrogens with one attached hydrogen (secondary N) is 3. The van der Waals surface area contributed by atoms with Gasteiger partial charge in [-0.3, -0.25) is 9.89 Å². The van der Waals surface area contributed by atoms with Gasteiger partial charge in [0.05, 0.1) is 0 Å². The molecule has 104 valence electrons. The maximum absolute atomic E-state index is 12.0. The summed E-state index contributed by atoms with van der Waals surface area (Å²) in [5.41, 5.74) is 0.832. The highest BCUT2D eigenvalue weighted by molar-refractivity contribution is 5.92. The molecule has 1 saturated carbocycles. The van der Waals surface area contributed by atoms with E-state index in [0.29, 0.717) is 5.69 Å². The third kappa shape index (κ3) is 2.81. The van der Waals surface area contributed by atoms with Crippen LogP contribution in [0.3, 0.4) is 0 Å². The van der Waals surface area contributed by atoms with Crippen LogP contribution in [-0.4, -0.2) is 34.2 Å². The number of amides is 1. The normalized spacial score (nSPS) is 26.2. The number of aromatic amines is 1. The topological polar surface area (TPSA) is 69.8 Å². The minimum Gasteiger partial charge on any atom is -0.348 e. The number of hydrogen-bond donors (Lipinski definition) is 3. The van der Waals surface area contributed by atoms with Crippen molar-refractivity contribution in [2.24, 2.45) is 0 Å². The fourth-order valence-electron chi connectivity index (χ4n) is 3.54. The summed E-state index contributed by atoms with van der Waals surface area (Å²) in [5, 5.41) is 13.4. The molecule has 5 heteroatoms. The van der Waals surface area contributed by atoms with Gasteiger partial charge in [0.15, 0.2) is 0 Å². The van der Waals surface area contributed by atoms with Gasteiger partial charge in [-0.2, -0.15) is 5.10 Å². The van der Waals surface area contributed by atoms with Crippen molar-refractivity contribution in [3.05, 3.63) is 18.0 Å². The van der Waals surface area contributed by atoms with Crippen molar-refractivity contribution >= 4 is 5.91 Å². The average molecular weight is 262 g/mol. The monoisotopic (exact) mass is 262 g/mol. The Labute approximate surface area is 113 Å². The molecular formula is C14H22N4O. The lowest BCUT2D eigenvalue weighted by Gasteiger charge is -2.44. The van der Waals surface area contributed by atoms with Crippen molar-refractivity contribution < 1.29 is 4.79 Å². The van der Waals surface area contributed by atoms with E-state index in [1.54, 1.807) is 12.3 Å². The number of nitrogens with zero attached hydrogens (tertiary/aromatic N) is 1. The van der Waals surface area contributed by atoms with Crippen molar-refractivity contribution in [3.63, 3.8) is 0 Å². The second-order valence-corrected chi connectivity index (χ2v) is 5.90. The van der Waals surface area contributed by atoms with E-state index in [2.05, 4.69) is 20.8 Å². The van der Waals surface area contributed by atoms with E-state index in [-0.39, 0.29) is 17.5 Å². The first-order valence-corrected chi connectivity index (χ1v) is 7.33. The molecule has 0 radical (unpaired) electrons. The Hall–Kier alpha value is -1.36. The zero-order valence-electron chi connectivity index (χ0n) is 11.2. The summed E-state index contributed by atoms with van der Waals surface area (Å²) in [6.07, 6.45) is 10.2. The van der Waals surface area contributed by atoms with E-state index in [4.69, 9.17) is 0 Å². The second kappa shape index (κ2) is 5.33. The summed E-state index contributed by atoms with van der Waals surface area (Å²) in [6, 6.07) is 2.00. The van der Waals surface area contributed by atoms with Crippen molar-refractivity contribution in [1.82, 2.24) is 20.8 Å². The Morgan fingerprint density at radius 1 is 1.37 bits per heavy atom. The second-order valence-electron chi connectivity index (χ2n) is 5.90. The molecule has 1 aliphatic carbocycles. The van der Waals surface area contributed by atoms with Crippen LogP contribution in [0.25, 0.3) is 0 Å². The Morgan fingerprint density at radius 2 is 2.21 bits per heavy atom. The lowest BCUT2D eigenvalue weighted by Crippen LogP contribution is -2.57. The molecular weight excluding hydrogens is 240 g/mol.